The molecule has 0 atom stereocenters. The molecule has 0 unspecified atom stereocenters. The summed E-state index contributed by atoms with van der Waals surface area (Å²) in [5.74, 6) is 0. The van der Waals surface area contributed by atoms with Gasteiger partial charge in [-0.05, 0) is 7.05 Å². The van der Waals surface area contributed by atoms with Gasteiger partial charge in [0.15, 0.2) is 0 Å². The molecule has 0 aromatic carbocycles. The van der Waals surface area contributed by atoms with Crippen molar-refractivity contribution in [2.45, 2.75) is 19.5 Å². The Morgan fingerprint density at radius 2 is 1.91 bits per heavy atom. The van der Waals surface area contributed by atoms with Crippen molar-refractivity contribution in [3.05, 3.63) is 0 Å². The number of rotatable bonds is 4. The zero-order valence-corrected chi connectivity index (χ0v) is 6.70. The van der Waals surface area contributed by atoms with Gasteiger partial charge in [-0.1, -0.05) is 6.92 Å². The van der Waals surface area contributed by atoms with Crippen molar-refractivity contribution in [1.29, 1.82) is 0 Å². The SMILES string of the molecule is CCN(CCC(F)(F)F)NC. The standard InChI is InChI=1S/C6H13F3N2/c1-3-11(10-2)5-4-6(7,8)9/h10H,3-5H2,1-2H3. The normalized spacial score (nSPS) is 12.5. The molecule has 0 aliphatic carbocycles. The van der Waals surface area contributed by atoms with Crippen LogP contribution < -0.4 is 5.43 Å². The monoisotopic (exact) mass is 170 g/mol. The molecule has 0 fully saturated rings. The highest BCUT2D eigenvalue weighted by Crippen LogP contribution is 2.19. The van der Waals surface area contributed by atoms with Gasteiger partial charge in [0, 0.05) is 13.1 Å². The van der Waals surface area contributed by atoms with Crippen LogP contribution in [-0.4, -0.2) is 31.3 Å². The van der Waals surface area contributed by atoms with E-state index in [2.05, 4.69) is 5.43 Å². The first-order chi connectivity index (χ1) is 4.99. The van der Waals surface area contributed by atoms with Crippen molar-refractivity contribution in [2.75, 3.05) is 20.1 Å². The van der Waals surface area contributed by atoms with Gasteiger partial charge >= 0.3 is 6.18 Å². The van der Waals surface area contributed by atoms with Crippen LogP contribution in [0, 0.1) is 0 Å². The summed E-state index contributed by atoms with van der Waals surface area (Å²) < 4.78 is 34.9. The highest BCUT2D eigenvalue weighted by molar-refractivity contribution is 4.54. The van der Waals surface area contributed by atoms with Gasteiger partial charge in [-0.25, -0.2) is 5.01 Å². The molecule has 11 heavy (non-hydrogen) atoms. The predicted octanol–water partition coefficient (Wildman–Crippen LogP) is 1.40. The predicted molar refractivity (Wildman–Crippen MR) is 37.0 cm³/mol. The highest BCUT2D eigenvalue weighted by Gasteiger charge is 2.27. The fourth-order valence-electron chi connectivity index (χ4n) is 0.690. The molecule has 0 spiro atoms. The topological polar surface area (TPSA) is 15.3 Å². The maximum atomic E-state index is 11.6. The molecule has 0 aromatic rings. The van der Waals surface area contributed by atoms with Crippen molar-refractivity contribution < 1.29 is 13.2 Å². The van der Waals surface area contributed by atoms with Crippen LogP contribution in [0.2, 0.25) is 0 Å². The van der Waals surface area contributed by atoms with Gasteiger partial charge < -0.3 is 0 Å². The molecule has 2 nitrogen and oxygen atoms in total. The largest absolute Gasteiger partial charge is 0.390 e. The summed E-state index contributed by atoms with van der Waals surface area (Å²) in [6, 6.07) is 0. The lowest BCUT2D eigenvalue weighted by molar-refractivity contribution is -0.139. The Bertz CT molecular complexity index is 98.5. The summed E-state index contributed by atoms with van der Waals surface area (Å²) in [4.78, 5) is 0. The van der Waals surface area contributed by atoms with Gasteiger partial charge in [0.25, 0.3) is 0 Å². The van der Waals surface area contributed by atoms with Crippen molar-refractivity contribution in [1.82, 2.24) is 10.4 Å². The van der Waals surface area contributed by atoms with Crippen molar-refractivity contribution in [3.8, 4) is 0 Å². The fraction of sp³-hybridized carbons (Fsp3) is 1.00. The number of nitrogens with one attached hydrogen (secondary N) is 1. The summed E-state index contributed by atoms with van der Waals surface area (Å²) in [5, 5.41) is 1.51. The molecule has 0 heterocycles. The zero-order chi connectivity index (χ0) is 8.91. The molecule has 1 N–H and O–H groups in total. The molecular formula is C6H13F3N2. The van der Waals surface area contributed by atoms with Gasteiger partial charge in [0.05, 0.1) is 6.42 Å². The summed E-state index contributed by atoms with van der Waals surface area (Å²) in [6.45, 7) is 2.38. The molecule has 68 valence electrons. The van der Waals surface area contributed by atoms with Gasteiger partial charge in [0.2, 0.25) is 0 Å². The minimum absolute atomic E-state index is 0.0104. The van der Waals surface area contributed by atoms with Crippen LogP contribution in [-0.2, 0) is 0 Å². The average Bonchev–Trinajstić information content (AvgIpc) is 1.88. The fourth-order valence-corrected chi connectivity index (χ4v) is 0.690. The number of halogens is 3. The van der Waals surface area contributed by atoms with E-state index in [0.717, 1.165) is 0 Å². The third kappa shape index (κ3) is 6.12. The van der Waals surface area contributed by atoms with Crippen LogP contribution in [0.3, 0.4) is 0 Å². The molecule has 0 saturated carbocycles. The Labute approximate surface area is 64.3 Å². The number of hydrogen-bond donors (Lipinski definition) is 1. The van der Waals surface area contributed by atoms with Crippen LogP contribution in [0.25, 0.3) is 0 Å². The maximum absolute atomic E-state index is 11.6. The Kier molecular flexibility index (Phi) is 4.44. The molecule has 5 heteroatoms. The molecule has 0 saturated heterocycles. The molecular weight excluding hydrogens is 157 g/mol. The minimum atomic E-state index is -4.05. The number of hydrazine groups is 1. The van der Waals surface area contributed by atoms with E-state index in [4.69, 9.17) is 0 Å². The minimum Gasteiger partial charge on any atom is -0.258 e. The summed E-state index contributed by atoms with van der Waals surface area (Å²) >= 11 is 0. The molecule has 0 aliphatic heterocycles. The van der Waals surface area contributed by atoms with E-state index in [1.54, 1.807) is 14.0 Å². The van der Waals surface area contributed by atoms with Gasteiger partial charge in [-0.2, -0.15) is 13.2 Å². The average molecular weight is 170 g/mol. The van der Waals surface area contributed by atoms with Gasteiger partial charge in [0.1, 0.15) is 0 Å². The smallest absolute Gasteiger partial charge is 0.258 e. The van der Waals surface area contributed by atoms with Crippen LogP contribution in [0.4, 0.5) is 13.2 Å². The number of hydrogen-bond acceptors (Lipinski definition) is 2. The molecule has 0 rings (SSSR count). The first kappa shape index (κ1) is 10.7. The van der Waals surface area contributed by atoms with E-state index in [9.17, 15) is 13.2 Å². The summed E-state index contributed by atoms with van der Waals surface area (Å²) in [5.41, 5.74) is 2.66. The highest BCUT2D eigenvalue weighted by atomic mass is 19.4. The molecule has 0 aliphatic rings. The maximum Gasteiger partial charge on any atom is 0.390 e. The van der Waals surface area contributed by atoms with E-state index < -0.39 is 12.6 Å². The first-order valence-electron chi connectivity index (χ1n) is 3.48. The second-order valence-electron chi connectivity index (χ2n) is 2.17. The Morgan fingerprint density at radius 1 is 1.36 bits per heavy atom. The molecule has 0 aromatic heterocycles. The van der Waals surface area contributed by atoms with Crippen LogP contribution in [0.15, 0.2) is 0 Å². The lowest BCUT2D eigenvalue weighted by Gasteiger charge is -2.19. The Balaban J connectivity index is 3.51. The van der Waals surface area contributed by atoms with E-state index >= 15 is 0 Å². The number of alkyl halides is 3. The molecule has 0 radical (unpaired) electrons. The number of nitrogens with zero attached hydrogens (tertiary/aromatic N) is 1. The van der Waals surface area contributed by atoms with E-state index in [-0.39, 0.29) is 6.54 Å². The Hall–Kier alpha value is -0.290. The molecule has 0 amide bonds. The van der Waals surface area contributed by atoms with E-state index in [1.807, 2.05) is 0 Å². The summed E-state index contributed by atoms with van der Waals surface area (Å²) in [6.07, 6.45) is -4.81. The summed E-state index contributed by atoms with van der Waals surface area (Å²) in [7, 11) is 1.61. The van der Waals surface area contributed by atoms with Crippen LogP contribution >= 0.6 is 0 Å². The van der Waals surface area contributed by atoms with E-state index in [0.29, 0.717) is 6.54 Å². The third-order valence-corrected chi connectivity index (χ3v) is 1.36. The third-order valence-electron chi connectivity index (χ3n) is 1.36. The van der Waals surface area contributed by atoms with Crippen molar-refractivity contribution in [2.24, 2.45) is 0 Å². The quantitative estimate of drug-likeness (QED) is 0.641. The van der Waals surface area contributed by atoms with Crippen LogP contribution in [0.1, 0.15) is 13.3 Å². The lowest BCUT2D eigenvalue weighted by atomic mass is 10.4. The second-order valence-corrected chi connectivity index (χ2v) is 2.17. The molecule has 0 bridgehead atoms. The van der Waals surface area contributed by atoms with Crippen molar-refractivity contribution >= 4 is 0 Å². The van der Waals surface area contributed by atoms with E-state index in [1.165, 1.54) is 5.01 Å². The van der Waals surface area contributed by atoms with Gasteiger partial charge in [-0.15, -0.1) is 0 Å². The van der Waals surface area contributed by atoms with Gasteiger partial charge in [-0.3, -0.25) is 5.43 Å². The Morgan fingerprint density at radius 3 is 2.18 bits per heavy atom. The van der Waals surface area contributed by atoms with Crippen LogP contribution in [0.5, 0.6) is 0 Å². The second kappa shape index (κ2) is 4.56. The van der Waals surface area contributed by atoms with Crippen molar-refractivity contribution in [3.63, 3.8) is 0 Å². The zero-order valence-electron chi connectivity index (χ0n) is 6.70. The first-order valence-corrected chi connectivity index (χ1v) is 3.48. The lowest BCUT2D eigenvalue weighted by Crippen LogP contribution is -2.37.